The van der Waals surface area contributed by atoms with Gasteiger partial charge in [-0.2, -0.15) is 0 Å². The average Bonchev–Trinajstić information content (AvgIpc) is 3.64. The Hall–Kier alpha value is -1.27. The third kappa shape index (κ3) is 5.79. The molecule has 5 aliphatic rings. The fourth-order valence-corrected chi connectivity index (χ4v) is 20.9. The van der Waals surface area contributed by atoms with E-state index in [1.54, 1.807) is 44.5 Å². The Kier molecular flexibility index (Phi) is 10.1. The van der Waals surface area contributed by atoms with Crippen molar-refractivity contribution in [2.75, 3.05) is 0 Å². The van der Waals surface area contributed by atoms with Crippen molar-refractivity contribution in [3.05, 3.63) is 90.3 Å². The molecule has 0 heterocycles. The molecule has 2 aromatic carbocycles. The Morgan fingerprint density at radius 3 is 1.64 bits per heavy atom. The van der Waals surface area contributed by atoms with Crippen LogP contribution < -0.4 is 24.8 Å². The van der Waals surface area contributed by atoms with Crippen molar-refractivity contribution in [1.29, 1.82) is 0 Å². The average molecular weight is 747 g/mol. The first kappa shape index (κ1) is 37.0. The maximum absolute atomic E-state index is 2.76. The molecule has 3 heteroatoms. The van der Waals surface area contributed by atoms with Gasteiger partial charge in [-0.15, -0.1) is 0 Å². The number of halogens is 2. The molecule has 1 saturated carbocycles. The standard InChI is InChI=1S/C25H25.C13H21.C6H10.2ClH.Zr/c1-14-12-24(3,4)22-8-16-7-17-9-23-19(15(2)13-25(23,5)6)11-21(17)20(16)10-18(14)22;1-6-10-8-11(7-2)12(9-10)13(3,4)5;1-2-4-6-5-3-1;;;/h7-13H,1-6H3;9-10H,6-7H2,1-5H3;1-5H2;2*1H;/q;;;;;+2/p-2. The Morgan fingerprint density at radius 1 is 0.723 bits per heavy atom. The second-order valence-electron chi connectivity index (χ2n) is 17.2. The predicted molar refractivity (Wildman–Crippen MR) is 194 cm³/mol. The van der Waals surface area contributed by atoms with Gasteiger partial charge in [-0.25, -0.2) is 0 Å². The second kappa shape index (κ2) is 12.8. The quantitative estimate of drug-likeness (QED) is 0.332. The van der Waals surface area contributed by atoms with Gasteiger partial charge in [-0.05, 0) is 0 Å². The minimum atomic E-state index is -2.48. The van der Waals surface area contributed by atoms with Crippen molar-refractivity contribution < 1.29 is 46.1 Å². The molecule has 0 radical (unpaired) electrons. The van der Waals surface area contributed by atoms with Gasteiger partial charge in [0.25, 0.3) is 0 Å². The van der Waals surface area contributed by atoms with Gasteiger partial charge >= 0.3 is 284 Å². The molecule has 5 aliphatic carbocycles. The van der Waals surface area contributed by atoms with Crippen LogP contribution >= 0.6 is 0 Å². The van der Waals surface area contributed by atoms with E-state index in [4.69, 9.17) is 0 Å². The van der Waals surface area contributed by atoms with Crippen LogP contribution in [0, 0.1) is 11.3 Å². The zero-order valence-corrected chi connectivity index (χ0v) is 34.9. The van der Waals surface area contributed by atoms with E-state index in [1.807, 2.05) is 6.49 Å². The van der Waals surface area contributed by atoms with Crippen LogP contribution in [-0.4, -0.2) is 3.21 Å². The number of hydrogen-bond acceptors (Lipinski definition) is 0. The first-order valence-corrected chi connectivity index (χ1v) is 22.0. The van der Waals surface area contributed by atoms with Gasteiger partial charge in [0.2, 0.25) is 0 Å². The molecule has 1 atom stereocenters. The summed E-state index contributed by atoms with van der Waals surface area (Å²) < 4.78 is 4.60. The van der Waals surface area contributed by atoms with Crippen molar-refractivity contribution in [3.8, 4) is 11.1 Å². The molecule has 0 spiro atoms. The van der Waals surface area contributed by atoms with Gasteiger partial charge in [0, 0.05) is 0 Å². The van der Waals surface area contributed by atoms with Crippen molar-refractivity contribution >= 4 is 14.4 Å². The van der Waals surface area contributed by atoms with Crippen LogP contribution in [0.4, 0.5) is 0 Å². The van der Waals surface area contributed by atoms with Gasteiger partial charge in [-0.1, -0.05) is 0 Å². The summed E-state index contributed by atoms with van der Waals surface area (Å²) in [4.78, 5) is 0. The van der Waals surface area contributed by atoms with Crippen LogP contribution in [0.2, 0.25) is 0 Å². The molecule has 0 amide bonds. The smallest absolute Gasteiger partial charge is 1.00 e. The van der Waals surface area contributed by atoms with Gasteiger partial charge in [-0.3, -0.25) is 0 Å². The SMILES string of the molecule is CCC1=[C]([Zr+2](=[C]2CCCCC2)[CH]2c3cc4c(cc3-c3cc5c(cc32)C(C)(C)C=C5C)C(C)=CC4(C)C)C(CC)C=C1C(C)(C)C.[Cl-].[Cl-]. The summed E-state index contributed by atoms with van der Waals surface area (Å²) in [6, 6.07) is 10.8. The third-order valence-corrected chi connectivity index (χ3v) is 21.2. The molecule has 2 aromatic rings. The van der Waals surface area contributed by atoms with Crippen LogP contribution in [-0.2, 0) is 32.1 Å². The minimum Gasteiger partial charge on any atom is -1.00 e. The van der Waals surface area contributed by atoms with Crippen LogP contribution in [0.1, 0.15) is 158 Å². The maximum atomic E-state index is 2.76. The molecule has 0 N–H and O–H groups in total. The Bertz CT molecular complexity index is 1700. The summed E-state index contributed by atoms with van der Waals surface area (Å²) in [5.74, 6) is 0.620. The summed E-state index contributed by atoms with van der Waals surface area (Å²) in [5.41, 5.74) is 19.3. The molecule has 0 aromatic heterocycles. The van der Waals surface area contributed by atoms with E-state index in [1.165, 1.54) is 67.2 Å². The fraction of sp³-hybridized carbons (Fsp3) is 0.523. The molecule has 1 unspecified atom stereocenters. The largest absolute Gasteiger partial charge is 1.00 e. The van der Waals surface area contributed by atoms with E-state index in [9.17, 15) is 0 Å². The normalized spacial score (nSPS) is 21.9. The molecule has 0 bridgehead atoms. The maximum Gasteiger partial charge on any atom is -1.00 e. The molecule has 1 fully saturated rings. The van der Waals surface area contributed by atoms with Gasteiger partial charge in [0.15, 0.2) is 0 Å². The molecule has 0 aliphatic heterocycles. The number of rotatable bonds is 4. The zero-order chi connectivity index (χ0) is 32.2. The Labute approximate surface area is 306 Å². The van der Waals surface area contributed by atoms with Crippen molar-refractivity contribution in [1.82, 2.24) is 0 Å². The van der Waals surface area contributed by atoms with E-state index in [2.05, 4.69) is 119 Å². The predicted octanol–water partition coefficient (Wildman–Crippen LogP) is 6.58. The van der Waals surface area contributed by atoms with E-state index < -0.39 is 21.3 Å². The van der Waals surface area contributed by atoms with E-state index >= 15 is 0 Å². The van der Waals surface area contributed by atoms with Crippen LogP contribution in [0.15, 0.2) is 56.9 Å². The minimum absolute atomic E-state index is 0. The summed E-state index contributed by atoms with van der Waals surface area (Å²) in [7, 11) is 0. The van der Waals surface area contributed by atoms with Crippen LogP contribution in [0.3, 0.4) is 0 Å². The molecule has 250 valence electrons. The van der Waals surface area contributed by atoms with Crippen molar-refractivity contribution in [3.63, 3.8) is 0 Å². The number of fused-ring (bicyclic) bond motifs is 5. The summed E-state index contributed by atoms with van der Waals surface area (Å²) >= 11 is -2.48. The number of hydrogen-bond donors (Lipinski definition) is 0. The summed E-state index contributed by atoms with van der Waals surface area (Å²) in [5, 5.41) is 0. The summed E-state index contributed by atoms with van der Waals surface area (Å²) in [6.07, 6.45) is 17.2. The zero-order valence-electron chi connectivity index (χ0n) is 30.9. The number of allylic oxidation sites excluding steroid dienone is 8. The van der Waals surface area contributed by atoms with E-state index in [-0.39, 0.29) is 41.1 Å². The first-order valence-electron chi connectivity index (χ1n) is 18.1. The molecule has 7 rings (SSSR count). The van der Waals surface area contributed by atoms with Gasteiger partial charge in [0.05, 0.1) is 0 Å². The third-order valence-electron chi connectivity index (χ3n) is 12.1. The van der Waals surface area contributed by atoms with Crippen molar-refractivity contribution in [2.45, 2.75) is 136 Å². The van der Waals surface area contributed by atoms with Crippen LogP contribution in [0.25, 0.3) is 22.3 Å². The van der Waals surface area contributed by atoms with Gasteiger partial charge in [0.1, 0.15) is 0 Å². The van der Waals surface area contributed by atoms with Crippen molar-refractivity contribution in [2.24, 2.45) is 11.3 Å². The second-order valence-corrected chi connectivity index (χ2v) is 23.7. The summed E-state index contributed by atoms with van der Waals surface area (Å²) in [6.45, 7) is 26.7. The Morgan fingerprint density at radius 2 is 1.21 bits per heavy atom. The Balaban J connectivity index is 0.00000217. The molecular weight excluding hydrogens is 691 g/mol. The molecule has 0 saturated heterocycles. The topological polar surface area (TPSA) is 0 Å². The first-order chi connectivity index (χ1) is 21.2. The fourth-order valence-electron chi connectivity index (χ4n) is 10.1. The van der Waals surface area contributed by atoms with E-state index in [0.29, 0.717) is 9.54 Å². The molecule has 0 nitrogen and oxygen atoms in total. The van der Waals surface area contributed by atoms with Crippen LogP contribution in [0.5, 0.6) is 0 Å². The monoisotopic (exact) mass is 744 g/mol. The van der Waals surface area contributed by atoms with E-state index in [0.717, 1.165) is 0 Å². The number of benzene rings is 2. The molecule has 47 heavy (non-hydrogen) atoms. The van der Waals surface area contributed by atoms with Gasteiger partial charge < -0.3 is 24.8 Å². The molecular formula is C44H56Cl2Zr.